The molecule has 4 unspecified atom stereocenters. The fourth-order valence-electron chi connectivity index (χ4n) is 5.36. The van der Waals surface area contributed by atoms with E-state index in [1.54, 1.807) is 0 Å². The number of alkyl carbamates (subject to hydrolysis) is 2. The maximum Gasteiger partial charge on any atom is 0.407 e. The summed E-state index contributed by atoms with van der Waals surface area (Å²) in [5, 5.41) is 6.03. The number of carbonyl (C=O) groups excluding carboxylic acids is 2. The summed E-state index contributed by atoms with van der Waals surface area (Å²) in [6.45, 7) is 22.8. The van der Waals surface area contributed by atoms with Crippen LogP contribution in [0.5, 0.6) is 0 Å². The van der Waals surface area contributed by atoms with Crippen LogP contribution >= 0.6 is 0 Å². The minimum absolute atomic E-state index is 0. The summed E-state index contributed by atoms with van der Waals surface area (Å²) in [5.41, 5.74) is -0.494. The van der Waals surface area contributed by atoms with Crippen LogP contribution in [0, 0.1) is 23.2 Å². The molecule has 6 heteroatoms. The first kappa shape index (κ1) is 32.6. The Morgan fingerprint density at radius 1 is 0.750 bits per heavy atom. The topological polar surface area (TPSA) is 76.7 Å². The van der Waals surface area contributed by atoms with Crippen molar-refractivity contribution in [1.82, 2.24) is 10.6 Å². The van der Waals surface area contributed by atoms with Gasteiger partial charge in [-0.25, -0.2) is 9.59 Å². The Morgan fingerprint density at radius 2 is 1.19 bits per heavy atom. The van der Waals surface area contributed by atoms with E-state index in [1.165, 1.54) is 32.1 Å². The first-order chi connectivity index (χ1) is 16.3. The van der Waals surface area contributed by atoms with Gasteiger partial charge in [-0.15, -0.1) is 0 Å². The van der Waals surface area contributed by atoms with Crippen molar-refractivity contribution in [2.45, 2.75) is 157 Å². The molecular weight excluding hydrogens is 452 g/mol. The quantitative estimate of drug-likeness (QED) is 0.393. The molecule has 2 fully saturated rings. The highest BCUT2D eigenvalue weighted by atomic mass is 16.6. The molecule has 216 valence electrons. The average Bonchev–Trinajstić information content (AvgIpc) is 2.64. The zero-order chi connectivity index (χ0) is 27.7. The normalized spacial score (nSPS) is 25.3. The van der Waals surface area contributed by atoms with Gasteiger partial charge >= 0.3 is 12.2 Å². The third-order valence-electron chi connectivity index (χ3n) is 6.93. The second-order valence-electron chi connectivity index (χ2n) is 14.6. The summed E-state index contributed by atoms with van der Waals surface area (Å²) >= 11 is 0. The highest BCUT2D eigenvalue weighted by Crippen LogP contribution is 2.37. The van der Waals surface area contributed by atoms with Gasteiger partial charge in [0, 0.05) is 14.9 Å². The molecule has 0 bridgehead atoms. The smallest absolute Gasteiger partial charge is 0.407 e. The van der Waals surface area contributed by atoms with Crippen LogP contribution in [-0.2, 0) is 9.47 Å². The lowest BCUT2D eigenvalue weighted by Crippen LogP contribution is -2.43. The molecule has 0 radical (unpaired) electrons. The molecule has 2 aliphatic rings. The summed E-state index contributed by atoms with van der Waals surface area (Å²) in [7, 11) is 0. The zero-order valence-electron chi connectivity index (χ0n) is 25.4. The second kappa shape index (κ2) is 13.9. The predicted octanol–water partition coefficient (Wildman–Crippen LogP) is 8.72. The molecule has 0 spiro atoms. The molecular formula is C30H62N2O4. The predicted molar refractivity (Wildman–Crippen MR) is 153 cm³/mol. The molecule has 6 nitrogen and oxygen atoms in total. The number of hydrogen-bond donors (Lipinski definition) is 2. The van der Waals surface area contributed by atoms with Crippen molar-refractivity contribution in [3.63, 3.8) is 0 Å². The zero-order valence-corrected chi connectivity index (χ0v) is 25.4. The molecule has 0 heterocycles. The van der Waals surface area contributed by atoms with Crippen molar-refractivity contribution in [3.05, 3.63) is 0 Å². The van der Waals surface area contributed by atoms with Gasteiger partial charge in [0.15, 0.2) is 0 Å². The monoisotopic (exact) mass is 514 g/mol. The van der Waals surface area contributed by atoms with E-state index in [2.05, 4.69) is 45.3 Å². The molecule has 2 saturated carbocycles. The lowest BCUT2D eigenvalue weighted by molar-refractivity contribution is 0.0458. The maximum atomic E-state index is 11.7. The largest absolute Gasteiger partial charge is 0.444 e. The third kappa shape index (κ3) is 14.9. The van der Waals surface area contributed by atoms with Crippen LogP contribution in [0.3, 0.4) is 0 Å². The van der Waals surface area contributed by atoms with Gasteiger partial charge in [-0.3, -0.25) is 0 Å². The third-order valence-corrected chi connectivity index (χ3v) is 6.93. The first-order valence-electron chi connectivity index (χ1n) is 14.3. The lowest BCUT2D eigenvalue weighted by atomic mass is 9.71. The Kier molecular flexibility index (Phi) is 12.6. The molecule has 2 N–H and O–H groups in total. The number of hydrogen-bond acceptors (Lipinski definition) is 4. The van der Waals surface area contributed by atoms with Crippen molar-refractivity contribution < 1.29 is 21.9 Å². The van der Waals surface area contributed by atoms with Gasteiger partial charge < -0.3 is 20.1 Å². The van der Waals surface area contributed by atoms with E-state index in [0.29, 0.717) is 17.4 Å². The summed E-state index contributed by atoms with van der Waals surface area (Å²) in [6.07, 6.45) is 10.1. The molecule has 0 aliphatic heterocycles. The lowest BCUT2D eigenvalue weighted by Gasteiger charge is -2.38. The molecule has 0 aromatic carbocycles. The summed E-state index contributed by atoms with van der Waals surface area (Å²) < 4.78 is 10.6. The summed E-state index contributed by atoms with van der Waals surface area (Å²) in [6, 6.07) is 0.579. The van der Waals surface area contributed by atoms with Crippen molar-refractivity contribution in [2.24, 2.45) is 23.2 Å². The van der Waals surface area contributed by atoms with Crippen LogP contribution in [0.2, 0.25) is 0 Å². The van der Waals surface area contributed by atoms with E-state index in [0.717, 1.165) is 37.5 Å². The number of ether oxygens (including phenoxy) is 2. The SMILES string of the molecule is CC(C)(C)OC(=O)NC1CCCC(C(C)(C)C)C1.CC(C)CC1CCCC(NC(=O)OC(C)(C)C)C1.[HH].[HH]. The van der Waals surface area contributed by atoms with Gasteiger partial charge in [0.1, 0.15) is 11.2 Å². The van der Waals surface area contributed by atoms with E-state index in [-0.39, 0.29) is 21.1 Å². The van der Waals surface area contributed by atoms with Crippen molar-refractivity contribution >= 4 is 12.2 Å². The minimum atomic E-state index is -0.415. The van der Waals surface area contributed by atoms with Gasteiger partial charge in [-0.05, 0) is 103 Å². The fraction of sp³-hybridized carbons (Fsp3) is 0.933. The summed E-state index contributed by atoms with van der Waals surface area (Å²) in [4.78, 5) is 23.5. The molecule has 36 heavy (non-hydrogen) atoms. The Balaban J connectivity index is 0. The van der Waals surface area contributed by atoms with E-state index in [9.17, 15) is 9.59 Å². The molecule has 0 saturated heterocycles. The van der Waals surface area contributed by atoms with Crippen LogP contribution < -0.4 is 10.6 Å². The maximum absolute atomic E-state index is 11.7. The van der Waals surface area contributed by atoms with E-state index >= 15 is 0 Å². The van der Waals surface area contributed by atoms with Crippen molar-refractivity contribution in [2.75, 3.05) is 0 Å². The van der Waals surface area contributed by atoms with Crippen LogP contribution in [-0.4, -0.2) is 35.5 Å². The Labute approximate surface area is 225 Å². The number of nitrogens with one attached hydrogen (secondary N) is 2. The Morgan fingerprint density at radius 3 is 1.61 bits per heavy atom. The molecule has 0 aromatic heterocycles. The van der Waals surface area contributed by atoms with Crippen molar-refractivity contribution in [1.29, 1.82) is 0 Å². The first-order valence-corrected chi connectivity index (χ1v) is 14.3. The van der Waals surface area contributed by atoms with Gasteiger partial charge in [0.25, 0.3) is 0 Å². The minimum Gasteiger partial charge on any atom is -0.444 e. The number of amides is 2. The Hall–Kier alpha value is -1.46. The van der Waals surface area contributed by atoms with Crippen LogP contribution in [0.1, 0.15) is 137 Å². The summed E-state index contributed by atoms with van der Waals surface area (Å²) in [5.74, 6) is 2.19. The van der Waals surface area contributed by atoms with Gasteiger partial charge in [-0.1, -0.05) is 53.9 Å². The average molecular weight is 515 g/mol. The molecule has 2 aliphatic carbocycles. The second-order valence-corrected chi connectivity index (χ2v) is 14.6. The van der Waals surface area contributed by atoms with E-state index in [1.807, 2.05) is 41.5 Å². The number of rotatable bonds is 4. The standard InChI is InChI=1S/2C15H29NO2.2H2/c1-14(2,3)11-8-7-9-12(10-11)16-13(17)18-15(4,5)6;1-11(2)9-12-7-6-8-13(10-12)16-14(17)18-15(3,4)5;;/h11-12H,7-10H2,1-6H3,(H,16,17);11-13H,6-10H2,1-5H3,(H,16,17);2*1H. The van der Waals surface area contributed by atoms with Crippen LogP contribution in [0.25, 0.3) is 0 Å². The van der Waals surface area contributed by atoms with Crippen LogP contribution in [0.4, 0.5) is 9.59 Å². The van der Waals surface area contributed by atoms with E-state index in [4.69, 9.17) is 9.47 Å². The highest BCUT2D eigenvalue weighted by Gasteiger charge is 2.32. The van der Waals surface area contributed by atoms with Crippen molar-refractivity contribution in [3.8, 4) is 0 Å². The van der Waals surface area contributed by atoms with Gasteiger partial charge in [0.2, 0.25) is 0 Å². The Bertz CT molecular complexity index is 681. The van der Waals surface area contributed by atoms with Gasteiger partial charge in [-0.2, -0.15) is 0 Å². The fourth-order valence-corrected chi connectivity index (χ4v) is 5.36. The molecule has 0 aromatic rings. The van der Waals surface area contributed by atoms with E-state index < -0.39 is 11.2 Å². The molecule has 4 atom stereocenters. The number of carbonyl (C=O) groups is 2. The highest BCUT2D eigenvalue weighted by molar-refractivity contribution is 5.68. The van der Waals surface area contributed by atoms with Crippen LogP contribution in [0.15, 0.2) is 0 Å². The van der Waals surface area contributed by atoms with Gasteiger partial charge in [0.05, 0.1) is 0 Å². The molecule has 2 rings (SSSR count). The molecule has 2 amide bonds.